The van der Waals surface area contributed by atoms with Gasteiger partial charge in [-0.25, -0.2) is 9.37 Å². The predicted molar refractivity (Wildman–Crippen MR) is 141 cm³/mol. The maximum absolute atomic E-state index is 13.6. The molecule has 1 aliphatic heterocycles. The number of pyridine rings is 1. The predicted octanol–water partition coefficient (Wildman–Crippen LogP) is 4.77. The van der Waals surface area contributed by atoms with E-state index in [1.807, 2.05) is 0 Å². The monoisotopic (exact) mass is 568 g/mol. The molecule has 1 saturated heterocycles. The van der Waals surface area contributed by atoms with Crippen LogP contribution in [0.3, 0.4) is 0 Å². The Balaban J connectivity index is 1.64. The van der Waals surface area contributed by atoms with Gasteiger partial charge < -0.3 is 20.4 Å². The van der Waals surface area contributed by atoms with Gasteiger partial charge in [0, 0.05) is 36.7 Å². The zero-order valence-electron chi connectivity index (χ0n) is 21.7. The minimum absolute atomic E-state index is 0.0467. The second-order valence-corrected chi connectivity index (χ2v) is 9.53. The van der Waals surface area contributed by atoms with Crippen LogP contribution in [0.25, 0.3) is 33.6 Å². The number of benzene rings is 2. The first-order valence-electron chi connectivity index (χ1n) is 12.7. The lowest BCUT2D eigenvalue weighted by molar-refractivity contribution is -0.134. The average Bonchev–Trinajstić information content (AvgIpc) is 3.53. The van der Waals surface area contributed by atoms with Gasteiger partial charge in [-0.15, -0.1) is 0 Å². The minimum Gasteiger partial charge on any atom is -0.437 e. The zero-order valence-corrected chi connectivity index (χ0v) is 21.7. The Labute approximate surface area is 231 Å². The Morgan fingerprint density at radius 2 is 1.83 bits per heavy atom. The van der Waals surface area contributed by atoms with Crippen molar-refractivity contribution in [3.05, 3.63) is 77.2 Å². The Morgan fingerprint density at radius 1 is 1.07 bits per heavy atom. The summed E-state index contributed by atoms with van der Waals surface area (Å²) >= 11 is 0. The number of halogens is 4. The van der Waals surface area contributed by atoms with Gasteiger partial charge in [0.25, 0.3) is 11.8 Å². The lowest BCUT2D eigenvalue weighted by Gasteiger charge is -2.13. The number of nitrogens with one attached hydrogen (secondary N) is 3. The molecule has 2 aromatic carbocycles. The number of alkyl halides is 3. The van der Waals surface area contributed by atoms with Gasteiger partial charge in [0.1, 0.15) is 17.6 Å². The van der Waals surface area contributed by atoms with Crippen LogP contribution in [0.5, 0.6) is 0 Å². The fourth-order valence-corrected chi connectivity index (χ4v) is 4.72. The third-order valence-electron chi connectivity index (χ3n) is 6.76. The van der Waals surface area contributed by atoms with E-state index < -0.39 is 42.7 Å². The van der Waals surface area contributed by atoms with E-state index in [0.717, 1.165) is 0 Å². The number of carbonyl (C=O) groups is 3. The van der Waals surface area contributed by atoms with E-state index in [-0.39, 0.29) is 45.2 Å². The average molecular weight is 569 g/mol. The van der Waals surface area contributed by atoms with Crippen molar-refractivity contribution in [1.82, 2.24) is 20.9 Å². The number of aromatic nitrogens is 1. The van der Waals surface area contributed by atoms with Crippen LogP contribution < -0.4 is 16.0 Å². The van der Waals surface area contributed by atoms with Crippen molar-refractivity contribution < 1.29 is 36.4 Å². The van der Waals surface area contributed by atoms with Crippen LogP contribution >= 0.6 is 0 Å². The molecule has 0 radical (unpaired) electrons. The molecule has 41 heavy (non-hydrogen) atoms. The van der Waals surface area contributed by atoms with Crippen LogP contribution in [0, 0.1) is 5.82 Å². The summed E-state index contributed by atoms with van der Waals surface area (Å²) in [7, 11) is 1.41. The fraction of sp³-hybridized carbons (Fsp3) is 0.241. The van der Waals surface area contributed by atoms with E-state index in [9.17, 15) is 31.9 Å². The fourth-order valence-electron chi connectivity index (χ4n) is 4.72. The highest BCUT2D eigenvalue weighted by Gasteiger charge is 2.30. The van der Waals surface area contributed by atoms with E-state index in [1.54, 1.807) is 12.1 Å². The molecule has 8 nitrogen and oxygen atoms in total. The number of hydrogen-bond acceptors (Lipinski definition) is 5. The first kappa shape index (κ1) is 27.8. The number of rotatable bonds is 7. The van der Waals surface area contributed by atoms with Gasteiger partial charge in [0.15, 0.2) is 0 Å². The van der Waals surface area contributed by atoms with Crippen LogP contribution in [0.15, 0.2) is 59.0 Å². The highest BCUT2D eigenvalue weighted by atomic mass is 19.4. The van der Waals surface area contributed by atoms with Gasteiger partial charge in [-0.2, -0.15) is 13.2 Å². The molecule has 5 rings (SSSR count). The molecular weight excluding hydrogens is 544 g/mol. The number of carbonyl (C=O) groups excluding carboxylic acids is 3. The first-order valence-corrected chi connectivity index (χ1v) is 12.7. The summed E-state index contributed by atoms with van der Waals surface area (Å²) in [4.78, 5) is 42.2. The van der Waals surface area contributed by atoms with E-state index in [0.29, 0.717) is 24.1 Å². The lowest BCUT2D eigenvalue weighted by Crippen LogP contribution is -2.40. The lowest BCUT2D eigenvalue weighted by atomic mass is 9.96. The normalized spacial score (nSPS) is 15.1. The van der Waals surface area contributed by atoms with Crippen molar-refractivity contribution in [2.75, 3.05) is 13.6 Å². The van der Waals surface area contributed by atoms with Crippen LogP contribution in [0.4, 0.5) is 17.6 Å². The number of fused-ring (bicyclic) bond motifs is 1. The van der Waals surface area contributed by atoms with Gasteiger partial charge in [0.05, 0.1) is 16.6 Å². The second-order valence-electron chi connectivity index (χ2n) is 9.53. The van der Waals surface area contributed by atoms with Gasteiger partial charge in [0.2, 0.25) is 11.6 Å². The maximum Gasteiger partial charge on any atom is 0.389 e. The number of furan rings is 1. The van der Waals surface area contributed by atoms with Gasteiger partial charge in [-0.3, -0.25) is 14.4 Å². The van der Waals surface area contributed by atoms with Gasteiger partial charge in [-0.1, -0.05) is 12.1 Å². The quantitative estimate of drug-likeness (QED) is 0.278. The highest BCUT2D eigenvalue weighted by Crippen LogP contribution is 2.37. The van der Waals surface area contributed by atoms with E-state index in [4.69, 9.17) is 4.42 Å². The molecule has 0 aliphatic carbocycles. The molecule has 1 fully saturated rings. The molecule has 0 saturated carbocycles. The van der Waals surface area contributed by atoms with Crippen LogP contribution in [0.2, 0.25) is 0 Å². The van der Waals surface area contributed by atoms with Gasteiger partial charge in [-0.05, 0) is 60.9 Å². The van der Waals surface area contributed by atoms with Crippen molar-refractivity contribution in [2.45, 2.75) is 31.5 Å². The van der Waals surface area contributed by atoms with E-state index >= 15 is 0 Å². The van der Waals surface area contributed by atoms with Crippen molar-refractivity contribution in [1.29, 1.82) is 0 Å². The standard InChI is InChI=1S/C29H24F4N4O4/c1-34-27(40)23-20-14-19(16-3-2-4-17(13-16)25(38)36-22-10-12-35-26(22)39)21(9-11-29(31,32)33)37-28(20)41-24(23)15-5-7-18(30)8-6-15/h2-8,13-14,22H,9-12H2,1H3,(H,34,40)(H,35,39)(H,36,38). The summed E-state index contributed by atoms with van der Waals surface area (Å²) in [6.07, 6.45) is -5.68. The Hall–Kier alpha value is -4.74. The number of hydrogen-bond donors (Lipinski definition) is 3. The van der Waals surface area contributed by atoms with Crippen LogP contribution in [0.1, 0.15) is 39.3 Å². The summed E-state index contributed by atoms with van der Waals surface area (Å²) in [5.74, 6) is -1.78. The molecule has 3 amide bonds. The minimum atomic E-state index is -4.47. The summed E-state index contributed by atoms with van der Waals surface area (Å²) in [5, 5.41) is 8.05. The molecule has 3 heterocycles. The Morgan fingerprint density at radius 3 is 2.49 bits per heavy atom. The zero-order chi connectivity index (χ0) is 29.3. The molecule has 1 unspecified atom stereocenters. The number of amides is 3. The van der Waals surface area contributed by atoms with E-state index in [2.05, 4.69) is 20.9 Å². The molecular formula is C29H24F4N4O4. The van der Waals surface area contributed by atoms with Crippen molar-refractivity contribution >= 4 is 28.8 Å². The Bertz CT molecular complexity index is 1650. The molecule has 3 N–H and O–H groups in total. The molecule has 0 spiro atoms. The third-order valence-corrected chi connectivity index (χ3v) is 6.76. The Kier molecular flexibility index (Phi) is 7.48. The molecule has 2 aromatic heterocycles. The maximum atomic E-state index is 13.6. The summed E-state index contributed by atoms with van der Waals surface area (Å²) in [5.41, 5.74) is 1.27. The SMILES string of the molecule is CNC(=O)c1c(-c2ccc(F)cc2)oc2nc(CCC(F)(F)F)c(-c3cccc(C(=O)NC4CCNC4=O)c3)cc12. The smallest absolute Gasteiger partial charge is 0.389 e. The molecule has 12 heteroatoms. The van der Waals surface area contributed by atoms with Crippen LogP contribution in [-0.2, 0) is 11.2 Å². The second kappa shape index (κ2) is 11.0. The van der Waals surface area contributed by atoms with Crippen molar-refractivity contribution in [3.8, 4) is 22.5 Å². The largest absolute Gasteiger partial charge is 0.437 e. The summed E-state index contributed by atoms with van der Waals surface area (Å²) in [6.45, 7) is 0.441. The van der Waals surface area contributed by atoms with Crippen molar-refractivity contribution in [2.24, 2.45) is 0 Å². The van der Waals surface area contributed by atoms with Crippen molar-refractivity contribution in [3.63, 3.8) is 0 Å². The third kappa shape index (κ3) is 5.91. The molecule has 0 bridgehead atoms. The number of nitrogens with zero attached hydrogens (tertiary/aromatic N) is 1. The van der Waals surface area contributed by atoms with E-state index in [1.165, 1.54) is 49.5 Å². The van der Waals surface area contributed by atoms with Gasteiger partial charge >= 0.3 is 6.18 Å². The molecule has 1 atom stereocenters. The summed E-state index contributed by atoms with van der Waals surface area (Å²) in [6, 6.07) is 12.2. The molecule has 1 aliphatic rings. The van der Waals surface area contributed by atoms with Crippen LogP contribution in [-0.4, -0.2) is 48.5 Å². The molecule has 212 valence electrons. The topological polar surface area (TPSA) is 113 Å². The highest BCUT2D eigenvalue weighted by molar-refractivity contribution is 6.11. The molecule has 4 aromatic rings. The first-order chi connectivity index (χ1) is 19.5. The number of aryl methyl sites for hydroxylation is 1. The summed E-state index contributed by atoms with van der Waals surface area (Å²) < 4.78 is 59.2.